The minimum atomic E-state index is -0.320. The number of fused-ring (bicyclic) bond motifs is 2. The summed E-state index contributed by atoms with van der Waals surface area (Å²) in [6.45, 7) is 1.02. The first-order chi connectivity index (χ1) is 18.0. The van der Waals surface area contributed by atoms with Crippen molar-refractivity contribution in [1.82, 2.24) is 9.97 Å². The summed E-state index contributed by atoms with van der Waals surface area (Å²) in [5.41, 5.74) is 2.71. The van der Waals surface area contributed by atoms with Crippen LogP contribution in [0.4, 0.5) is 21.6 Å². The molecule has 7 nitrogen and oxygen atoms in total. The molecule has 5 rings (SSSR count). The van der Waals surface area contributed by atoms with Crippen LogP contribution in [0.1, 0.15) is 5.56 Å². The van der Waals surface area contributed by atoms with E-state index in [-0.39, 0.29) is 18.3 Å². The topological polar surface area (TPSA) is 76.6 Å². The lowest BCUT2D eigenvalue weighted by Crippen LogP contribution is -2.36. The number of allylic oxidation sites excluding steroid dienone is 1. The standard InChI is InChI=1S/C27H21BrClFN4O3/c28-8-2-5-26(35)34-9-10-36-25-14-22-20(13-23(25)34)27(32-16-31-22)33-19-6-7-24(21(29)12-19)37-15-17-3-1-4-18(30)11-17/h1-7,11-14,16H,8-10,15H2,(H,31,32,33)/b5-2+. The van der Waals surface area contributed by atoms with E-state index in [1.807, 2.05) is 18.2 Å². The molecule has 0 spiro atoms. The number of rotatable bonds is 7. The van der Waals surface area contributed by atoms with Crippen LogP contribution in [-0.4, -0.2) is 34.4 Å². The lowest BCUT2D eigenvalue weighted by Gasteiger charge is -2.29. The summed E-state index contributed by atoms with van der Waals surface area (Å²) in [6.07, 6.45) is 4.75. The number of anilines is 3. The molecule has 0 fully saturated rings. The van der Waals surface area contributed by atoms with Crippen LogP contribution in [-0.2, 0) is 11.4 Å². The molecule has 3 aromatic carbocycles. The number of alkyl halides is 1. The number of nitrogens with zero attached hydrogens (tertiary/aromatic N) is 3. The first kappa shape index (κ1) is 25.0. The van der Waals surface area contributed by atoms with Crippen molar-refractivity contribution in [3.05, 3.63) is 89.5 Å². The molecule has 0 saturated carbocycles. The number of hydrogen-bond acceptors (Lipinski definition) is 6. The quantitative estimate of drug-likeness (QED) is 0.200. The number of benzene rings is 3. The molecule has 2 heterocycles. The number of halogens is 3. The lowest BCUT2D eigenvalue weighted by atomic mass is 10.1. The van der Waals surface area contributed by atoms with E-state index >= 15 is 0 Å². The summed E-state index contributed by atoms with van der Waals surface area (Å²) in [5.74, 6) is 1.16. The van der Waals surface area contributed by atoms with Gasteiger partial charge in [-0.3, -0.25) is 4.79 Å². The largest absolute Gasteiger partial charge is 0.489 e. The minimum absolute atomic E-state index is 0.129. The number of amides is 1. The Morgan fingerprint density at radius 2 is 2.11 bits per heavy atom. The molecule has 1 amide bonds. The predicted molar refractivity (Wildman–Crippen MR) is 146 cm³/mol. The Labute approximate surface area is 226 Å². The highest BCUT2D eigenvalue weighted by atomic mass is 79.9. The zero-order valence-electron chi connectivity index (χ0n) is 19.5. The van der Waals surface area contributed by atoms with E-state index < -0.39 is 0 Å². The third-order valence-electron chi connectivity index (χ3n) is 5.67. The molecule has 188 valence electrons. The summed E-state index contributed by atoms with van der Waals surface area (Å²) >= 11 is 9.76. The highest BCUT2D eigenvalue weighted by Gasteiger charge is 2.24. The molecule has 1 N–H and O–H groups in total. The Bertz CT molecular complexity index is 1500. The second-order valence-corrected chi connectivity index (χ2v) is 9.20. The molecule has 1 aromatic heterocycles. The second-order valence-electron chi connectivity index (χ2n) is 8.14. The summed E-state index contributed by atoms with van der Waals surface area (Å²) in [4.78, 5) is 23.2. The number of nitrogens with one attached hydrogen (secondary N) is 1. The van der Waals surface area contributed by atoms with Crippen molar-refractivity contribution in [2.24, 2.45) is 0 Å². The van der Waals surface area contributed by atoms with Crippen LogP contribution in [0.2, 0.25) is 5.02 Å². The van der Waals surface area contributed by atoms with Crippen LogP contribution in [0, 0.1) is 5.82 Å². The fourth-order valence-electron chi connectivity index (χ4n) is 3.95. The van der Waals surface area contributed by atoms with E-state index in [0.717, 1.165) is 5.39 Å². The number of carbonyl (C=O) groups is 1. The van der Waals surface area contributed by atoms with Gasteiger partial charge in [-0.2, -0.15) is 0 Å². The van der Waals surface area contributed by atoms with E-state index in [4.69, 9.17) is 21.1 Å². The number of carbonyl (C=O) groups excluding carboxylic acids is 1. The highest BCUT2D eigenvalue weighted by molar-refractivity contribution is 9.09. The van der Waals surface area contributed by atoms with Gasteiger partial charge in [0.25, 0.3) is 5.91 Å². The Balaban J connectivity index is 1.40. The van der Waals surface area contributed by atoms with Crippen LogP contribution in [0.15, 0.2) is 73.1 Å². The molecule has 1 aliphatic heterocycles. The summed E-state index contributed by atoms with van der Waals surface area (Å²) in [7, 11) is 0. The third-order valence-corrected chi connectivity index (χ3v) is 6.34. The normalized spacial score (nSPS) is 12.9. The zero-order chi connectivity index (χ0) is 25.8. The molecule has 0 aliphatic carbocycles. The predicted octanol–water partition coefficient (Wildman–Crippen LogP) is 6.42. The van der Waals surface area contributed by atoms with Gasteiger partial charge in [0, 0.05) is 28.5 Å². The molecule has 0 unspecified atom stereocenters. The van der Waals surface area contributed by atoms with Gasteiger partial charge in [0.2, 0.25) is 0 Å². The van der Waals surface area contributed by atoms with Crippen LogP contribution in [0.25, 0.3) is 10.9 Å². The van der Waals surface area contributed by atoms with E-state index in [2.05, 4.69) is 31.2 Å². The van der Waals surface area contributed by atoms with Crippen molar-refractivity contribution in [3.8, 4) is 11.5 Å². The first-order valence-corrected chi connectivity index (χ1v) is 12.9. The molecule has 10 heteroatoms. The molecular weight excluding hydrogens is 563 g/mol. The average Bonchev–Trinajstić information content (AvgIpc) is 2.90. The van der Waals surface area contributed by atoms with Gasteiger partial charge in [-0.25, -0.2) is 14.4 Å². The van der Waals surface area contributed by atoms with E-state index in [9.17, 15) is 9.18 Å². The van der Waals surface area contributed by atoms with E-state index in [1.165, 1.54) is 24.5 Å². The van der Waals surface area contributed by atoms with Crippen LogP contribution >= 0.6 is 27.5 Å². The van der Waals surface area contributed by atoms with E-state index in [0.29, 0.717) is 63.3 Å². The maximum atomic E-state index is 13.4. The van der Waals surface area contributed by atoms with Gasteiger partial charge in [-0.15, -0.1) is 0 Å². The number of hydrogen-bond donors (Lipinski definition) is 1. The zero-order valence-corrected chi connectivity index (χ0v) is 21.8. The number of aromatic nitrogens is 2. The van der Waals surface area contributed by atoms with Crippen molar-refractivity contribution in [2.75, 3.05) is 28.7 Å². The second kappa shape index (κ2) is 11.1. The van der Waals surface area contributed by atoms with Crippen molar-refractivity contribution < 1.29 is 18.7 Å². The maximum absolute atomic E-state index is 13.4. The average molecular weight is 584 g/mol. The fraction of sp³-hybridized carbons (Fsp3) is 0.148. The van der Waals surface area contributed by atoms with Crippen molar-refractivity contribution in [3.63, 3.8) is 0 Å². The van der Waals surface area contributed by atoms with E-state index in [1.54, 1.807) is 35.2 Å². The molecule has 0 atom stereocenters. The first-order valence-electron chi connectivity index (χ1n) is 11.4. The van der Waals surface area contributed by atoms with Gasteiger partial charge in [0.05, 0.1) is 22.8 Å². The van der Waals surface area contributed by atoms with Gasteiger partial charge in [0.15, 0.2) is 0 Å². The van der Waals surface area contributed by atoms with Crippen LogP contribution in [0.5, 0.6) is 11.5 Å². The monoisotopic (exact) mass is 582 g/mol. The maximum Gasteiger partial charge on any atom is 0.250 e. The Morgan fingerprint density at radius 3 is 2.92 bits per heavy atom. The van der Waals surface area contributed by atoms with Crippen molar-refractivity contribution in [2.45, 2.75) is 6.61 Å². The molecule has 1 aliphatic rings. The molecule has 0 bridgehead atoms. The molecule has 0 radical (unpaired) electrons. The van der Waals surface area contributed by atoms with Gasteiger partial charge in [-0.1, -0.05) is 45.7 Å². The van der Waals surface area contributed by atoms with Crippen molar-refractivity contribution >= 4 is 61.5 Å². The SMILES string of the molecule is O=C(/C=C/CBr)N1CCOc2cc3ncnc(Nc4ccc(OCc5cccc(F)c5)c(Cl)c4)c3cc21. The highest BCUT2D eigenvalue weighted by Crippen LogP contribution is 2.38. The minimum Gasteiger partial charge on any atom is -0.489 e. The Morgan fingerprint density at radius 1 is 1.22 bits per heavy atom. The lowest BCUT2D eigenvalue weighted by molar-refractivity contribution is -0.114. The molecular formula is C27H21BrClFN4O3. The molecule has 0 saturated heterocycles. The van der Waals surface area contributed by atoms with Crippen molar-refractivity contribution in [1.29, 1.82) is 0 Å². The molecule has 4 aromatic rings. The van der Waals surface area contributed by atoms with Gasteiger partial charge in [-0.05, 0) is 42.0 Å². The van der Waals surface area contributed by atoms with Gasteiger partial charge in [0.1, 0.15) is 42.7 Å². The summed E-state index contributed by atoms with van der Waals surface area (Å²) in [6, 6.07) is 15.1. The van der Waals surface area contributed by atoms with Crippen LogP contribution in [0.3, 0.4) is 0 Å². The van der Waals surface area contributed by atoms with Gasteiger partial charge >= 0.3 is 0 Å². The summed E-state index contributed by atoms with van der Waals surface area (Å²) < 4.78 is 25.0. The Hall–Kier alpha value is -3.69. The van der Waals surface area contributed by atoms with Gasteiger partial charge < -0.3 is 19.7 Å². The summed E-state index contributed by atoms with van der Waals surface area (Å²) in [5, 5.41) is 4.98. The molecule has 37 heavy (non-hydrogen) atoms. The smallest absolute Gasteiger partial charge is 0.250 e. The third kappa shape index (κ3) is 5.68. The fourth-order valence-corrected chi connectivity index (χ4v) is 4.37. The Kier molecular flexibility index (Phi) is 7.52. The number of ether oxygens (including phenoxy) is 2. The van der Waals surface area contributed by atoms with Crippen LogP contribution < -0.4 is 19.7 Å².